The molecule has 1 aromatic carbocycles. The second-order valence-electron chi connectivity index (χ2n) is 7.19. The lowest BCUT2D eigenvalue weighted by atomic mass is 10.0. The van der Waals surface area contributed by atoms with Crippen molar-refractivity contribution in [3.63, 3.8) is 0 Å². The van der Waals surface area contributed by atoms with Crippen molar-refractivity contribution in [3.8, 4) is 22.5 Å². The van der Waals surface area contributed by atoms with Crippen molar-refractivity contribution in [1.82, 2.24) is 15.0 Å². The van der Waals surface area contributed by atoms with Crippen molar-refractivity contribution in [1.29, 1.82) is 0 Å². The van der Waals surface area contributed by atoms with Crippen LogP contribution in [-0.4, -0.2) is 26.8 Å². The minimum Gasteiger partial charge on any atom is -0.309 e. The molecule has 0 amide bonds. The second kappa shape index (κ2) is 8.29. The lowest BCUT2D eigenvalue weighted by Gasteiger charge is -2.14. The van der Waals surface area contributed by atoms with Gasteiger partial charge in [0.1, 0.15) is 5.84 Å². The highest BCUT2D eigenvalue weighted by Gasteiger charge is 2.34. The summed E-state index contributed by atoms with van der Waals surface area (Å²) in [6.07, 6.45) is 1.46. The maximum Gasteiger partial charge on any atom is 0.417 e. The minimum absolute atomic E-state index is 0.0118. The third kappa shape index (κ3) is 4.47. The van der Waals surface area contributed by atoms with Crippen LogP contribution >= 0.6 is 0 Å². The summed E-state index contributed by atoms with van der Waals surface area (Å²) >= 11 is 0. The fraction of sp³-hybridized carbons (Fsp3) is 0.217. The molecule has 1 N–H and O–H groups in total. The van der Waals surface area contributed by atoms with Gasteiger partial charge in [0.15, 0.2) is 0 Å². The number of amidine groups is 1. The van der Waals surface area contributed by atoms with E-state index in [4.69, 9.17) is 0 Å². The van der Waals surface area contributed by atoms with Gasteiger partial charge < -0.3 is 5.32 Å². The molecule has 0 radical (unpaired) electrons. The Morgan fingerprint density at radius 2 is 1.71 bits per heavy atom. The standard InChI is InChI=1S/C23H20F3N5/c1-3-18-14(2)12-21(28-18)31-22-29-19(15-8-10-27-11-9-15)13-20(30-22)16-6-4-5-7-17(16)23(24,25)26/h4-13,18H,3H2,1-2H3,(H,28,29,30,31). The van der Waals surface area contributed by atoms with Crippen LogP contribution in [0.4, 0.5) is 19.1 Å². The molecule has 3 heterocycles. The van der Waals surface area contributed by atoms with Crippen molar-refractivity contribution in [2.45, 2.75) is 32.5 Å². The van der Waals surface area contributed by atoms with Gasteiger partial charge in [-0.05, 0) is 49.3 Å². The molecule has 0 spiro atoms. The number of alkyl halides is 3. The molecule has 0 fully saturated rings. The SMILES string of the molecule is CCC1N=C(Nc2nc(-c3ccncc3)cc(-c3ccccc3C(F)(F)F)n2)C=C1C. The Morgan fingerprint density at radius 1 is 1.00 bits per heavy atom. The van der Waals surface area contributed by atoms with Crippen LogP contribution in [0.3, 0.4) is 0 Å². The molecule has 1 unspecified atom stereocenters. The van der Waals surface area contributed by atoms with E-state index in [9.17, 15) is 13.2 Å². The zero-order valence-corrected chi connectivity index (χ0v) is 17.0. The smallest absolute Gasteiger partial charge is 0.309 e. The average Bonchev–Trinajstić information content (AvgIpc) is 3.12. The van der Waals surface area contributed by atoms with Crippen molar-refractivity contribution in [2.75, 3.05) is 5.32 Å². The lowest BCUT2D eigenvalue weighted by Crippen LogP contribution is -2.12. The van der Waals surface area contributed by atoms with E-state index in [1.54, 1.807) is 36.7 Å². The predicted octanol–water partition coefficient (Wildman–Crippen LogP) is 5.77. The zero-order chi connectivity index (χ0) is 22.0. The number of anilines is 1. The largest absolute Gasteiger partial charge is 0.417 e. The van der Waals surface area contributed by atoms with Gasteiger partial charge in [-0.3, -0.25) is 9.98 Å². The first-order valence-corrected chi connectivity index (χ1v) is 9.84. The molecule has 31 heavy (non-hydrogen) atoms. The molecular weight excluding hydrogens is 403 g/mol. The van der Waals surface area contributed by atoms with Gasteiger partial charge in [0.2, 0.25) is 5.95 Å². The van der Waals surface area contributed by atoms with Crippen molar-refractivity contribution < 1.29 is 13.2 Å². The van der Waals surface area contributed by atoms with Gasteiger partial charge in [-0.2, -0.15) is 13.2 Å². The summed E-state index contributed by atoms with van der Waals surface area (Å²) in [7, 11) is 0. The average molecular weight is 423 g/mol. The number of aliphatic imine (C=N–C) groups is 1. The topological polar surface area (TPSA) is 63.1 Å². The molecule has 5 nitrogen and oxygen atoms in total. The highest BCUT2D eigenvalue weighted by molar-refractivity contribution is 6.05. The van der Waals surface area contributed by atoms with Crippen LogP contribution < -0.4 is 5.32 Å². The minimum atomic E-state index is -4.50. The molecule has 2 aromatic heterocycles. The number of hydrogen-bond acceptors (Lipinski definition) is 5. The van der Waals surface area contributed by atoms with Crippen LogP contribution in [0.5, 0.6) is 0 Å². The normalized spacial score (nSPS) is 16.1. The number of halogens is 3. The quantitative estimate of drug-likeness (QED) is 0.578. The van der Waals surface area contributed by atoms with E-state index in [1.165, 1.54) is 12.1 Å². The summed E-state index contributed by atoms with van der Waals surface area (Å²) in [5, 5.41) is 3.07. The monoisotopic (exact) mass is 423 g/mol. The predicted molar refractivity (Wildman–Crippen MR) is 115 cm³/mol. The summed E-state index contributed by atoms with van der Waals surface area (Å²) in [6, 6.07) is 10.5. The highest BCUT2D eigenvalue weighted by Crippen LogP contribution is 2.37. The first-order chi connectivity index (χ1) is 14.8. The van der Waals surface area contributed by atoms with Crippen molar-refractivity contribution >= 4 is 11.8 Å². The van der Waals surface area contributed by atoms with Gasteiger partial charge in [0.25, 0.3) is 0 Å². The van der Waals surface area contributed by atoms with Crippen molar-refractivity contribution in [3.05, 3.63) is 72.1 Å². The molecule has 0 saturated heterocycles. The zero-order valence-electron chi connectivity index (χ0n) is 17.0. The molecule has 1 aliphatic rings. The number of pyridine rings is 1. The molecule has 3 aromatic rings. The second-order valence-corrected chi connectivity index (χ2v) is 7.19. The van der Waals surface area contributed by atoms with Gasteiger partial charge in [0, 0.05) is 23.5 Å². The summed E-state index contributed by atoms with van der Waals surface area (Å²) < 4.78 is 40.8. The summed E-state index contributed by atoms with van der Waals surface area (Å²) in [5.41, 5.74) is 1.72. The first kappa shape index (κ1) is 20.7. The number of rotatable bonds is 4. The van der Waals surface area contributed by atoms with Gasteiger partial charge in [-0.1, -0.05) is 25.1 Å². The number of hydrogen-bond donors (Lipinski definition) is 1. The molecular formula is C23H20F3N5. The number of aromatic nitrogens is 3. The first-order valence-electron chi connectivity index (χ1n) is 9.84. The Balaban J connectivity index is 1.83. The van der Waals surface area contributed by atoms with Crippen molar-refractivity contribution in [2.24, 2.45) is 4.99 Å². The Bertz CT molecular complexity index is 1150. The molecule has 158 valence electrons. The maximum atomic E-state index is 13.6. The molecule has 0 bridgehead atoms. The maximum absolute atomic E-state index is 13.6. The summed E-state index contributed by atoms with van der Waals surface area (Å²) in [6.45, 7) is 4.03. The van der Waals surface area contributed by atoms with Gasteiger partial charge in [0.05, 0.1) is 23.0 Å². The molecule has 4 rings (SSSR count). The van der Waals surface area contributed by atoms with E-state index in [2.05, 4.69) is 25.3 Å². The van der Waals surface area contributed by atoms with Gasteiger partial charge in [-0.25, -0.2) is 9.97 Å². The Kier molecular flexibility index (Phi) is 5.54. The van der Waals surface area contributed by atoms with Gasteiger partial charge >= 0.3 is 6.18 Å². The van der Waals surface area contributed by atoms with E-state index < -0.39 is 11.7 Å². The van der Waals surface area contributed by atoms with Crippen LogP contribution in [0.25, 0.3) is 22.5 Å². The molecule has 1 aliphatic heterocycles. The highest BCUT2D eigenvalue weighted by atomic mass is 19.4. The third-order valence-corrected chi connectivity index (χ3v) is 5.02. The number of nitrogens with one attached hydrogen (secondary N) is 1. The Labute approximate surface area is 177 Å². The van der Waals surface area contributed by atoms with Crippen LogP contribution in [0.15, 0.2) is 71.5 Å². The molecule has 1 atom stereocenters. The van der Waals surface area contributed by atoms with Crippen LogP contribution in [0, 0.1) is 0 Å². The van der Waals surface area contributed by atoms with E-state index in [-0.39, 0.29) is 23.2 Å². The van der Waals surface area contributed by atoms with Crippen LogP contribution in [0.2, 0.25) is 0 Å². The Morgan fingerprint density at radius 3 is 2.39 bits per heavy atom. The van der Waals surface area contributed by atoms with Crippen LogP contribution in [0.1, 0.15) is 25.8 Å². The lowest BCUT2D eigenvalue weighted by molar-refractivity contribution is -0.137. The van der Waals surface area contributed by atoms with Gasteiger partial charge in [-0.15, -0.1) is 0 Å². The van der Waals surface area contributed by atoms with E-state index in [1.807, 2.05) is 19.9 Å². The molecule has 8 heteroatoms. The van der Waals surface area contributed by atoms with E-state index in [0.29, 0.717) is 11.5 Å². The fourth-order valence-electron chi connectivity index (χ4n) is 3.48. The fourth-order valence-corrected chi connectivity index (χ4v) is 3.48. The number of benzene rings is 1. The molecule has 0 aliphatic carbocycles. The summed E-state index contributed by atoms with van der Waals surface area (Å²) in [5.74, 6) is 0.770. The van der Waals surface area contributed by atoms with Crippen LogP contribution in [-0.2, 0) is 6.18 Å². The van der Waals surface area contributed by atoms with E-state index in [0.717, 1.165) is 23.6 Å². The Hall–Kier alpha value is -3.55. The van der Waals surface area contributed by atoms with E-state index >= 15 is 0 Å². The third-order valence-electron chi connectivity index (χ3n) is 5.02. The molecule has 0 saturated carbocycles. The summed E-state index contributed by atoms with van der Waals surface area (Å²) in [4.78, 5) is 17.5. The number of nitrogens with zero attached hydrogens (tertiary/aromatic N) is 4.